The van der Waals surface area contributed by atoms with Crippen LogP contribution in [0.4, 0.5) is 5.82 Å². The van der Waals surface area contributed by atoms with Gasteiger partial charge < -0.3 is 5.32 Å². The van der Waals surface area contributed by atoms with Gasteiger partial charge in [-0.15, -0.1) is 0 Å². The lowest BCUT2D eigenvalue weighted by Gasteiger charge is -2.35. The third-order valence-electron chi connectivity index (χ3n) is 5.68. The number of hydrogen-bond acceptors (Lipinski definition) is 4. The lowest BCUT2D eigenvalue weighted by atomic mass is 10.1. The number of fused-ring (bicyclic) bond motifs is 1. The van der Waals surface area contributed by atoms with Gasteiger partial charge in [-0.25, -0.2) is 0 Å². The first kappa shape index (κ1) is 16.5. The molecular weight excluding hydrogens is 332 g/mol. The van der Waals surface area contributed by atoms with Crippen molar-refractivity contribution < 1.29 is 0 Å². The van der Waals surface area contributed by atoms with Crippen LogP contribution in [0.25, 0.3) is 5.69 Å². The van der Waals surface area contributed by atoms with Crippen LogP contribution >= 0.6 is 12.2 Å². The summed E-state index contributed by atoms with van der Waals surface area (Å²) in [5, 5.41) is 3.49. The van der Waals surface area contributed by atoms with Crippen LogP contribution in [0.15, 0.2) is 23.0 Å². The van der Waals surface area contributed by atoms with Crippen molar-refractivity contribution in [1.82, 2.24) is 14.5 Å². The van der Waals surface area contributed by atoms with Gasteiger partial charge in [-0.1, -0.05) is 25.0 Å². The molecule has 2 aliphatic rings. The molecule has 4 rings (SSSR count). The van der Waals surface area contributed by atoms with Gasteiger partial charge in [0.25, 0.3) is 5.56 Å². The summed E-state index contributed by atoms with van der Waals surface area (Å²) in [6, 6.07) is 6.76. The summed E-state index contributed by atoms with van der Waals surface area (Å²) in [4.78, 5) is 17.8. The SMILES string of the molecule is Cc1cccc(-n2c3c(c(=O)[nH]c2=S)CN(C2CCCC2)CN3)c1C. The van der Waals surface area contributed by atoms with E-state index in [0.717, 1.165) is 23.7 Å². The Hall–Kier alpha value is -1.92. The number of aryl methyl sites for hydroxylation is 1. The molecule has 0 amide bonds. The van der Waals surface area contributed by atoms with E-state index in [9.17, 15) is 4.79 Å². The normalized spacial score (nSPS) is 18.2. The van der Waals surface area contributed by atoms with Crippen molar-refractivity contribution in [3.63, 3.8) is 0 Å². The van der Waals surface area contributed by atoms with Crippen LogP contribution in [0, 0.1) is 18.6 Å². The predicted molar refractivity (Wildman–Crippen MR) is 103 cm³/mol. The van der Waals surface area contributed by atoms with E-state index in [1.807, 2.05) is 10.6 Å². The largest absolute Gasteiger partial charge is 0.358 e. The molecule has 5 nitrogen and oxygen atoms in total. The second kappa shape index (κ2) is 6.42. The number of rotatable bonds is 2. The summed E-state index contributed by atoms with van der Waals surface area (Å²) in [5.74, 6) is 0.844. The lowest BCUT2D eigenvalue weighted by Crippen LogP contribution is -2.43. The molecule has 0 atom stereocenters. The fourth-order valence-electron chi connectivity index (χ4n) is 4.08. The zero-order valence-electron chi connectivity index (χ0n) is 14.8. The van der Waals surface area contributed by atoms with E-state index in [2.05, 4.69) is 41.2 Å². The summed E-state index contributed by atoms with van der Waals surface area (Å²) >= 11 is 5.50. The van der Waals surface area contributed by atoms with Gasteiger partial charge in [0.2, 0.25) is 0 Å². The van der Waals surface area contributed by atoms with Gasteiger partial charge in [0.05, 0.1) is 17.9 Å². The lowest BCUT2D eigenvalue weighted by molar-refractivity contribution is 0.195. The van der Waals surface area contributed by atoms with Crippen molar-refractivity contribution in [2.75, 3.05) is 12.0 Å². The molecule has 0 unspecified atom stereocenters. The summed E-state index contributed by atoms with van der Waals surface area (Å²) in [6.45, 7) is 5.64. The minimum Gasteiger partial charge on any atom is -0.358 e. The molecule has 25 heavy (non-hydrogen) atoms. The highest BCUT2D eigenvalue weighted by Gasteiger charge is 2.29. The molecule has 1 saturated carbocycles. The number of nitrogens with one attached hydrogen (secondary N) is 2. The van der Waals surface area contributed by atoms with Crippen LogP contribution in [0.3, 0.4) is 0 Å². The molecule has 0 spiro atoms. The van der Waals surface area contributed by atoms with Gasteiger partial charge in [0, 0.05) is 12.6 Å². The van der Waals surface area contributed by atoms with Crippen LogP contribution in [-0.4, -0.2) is 27.2 Å². The molecule has 2 N–H and O–H groups in total. The first-order chi connectivity index (χ1) is 12.1. The fraction of sp³-hybridized carbons (Fsp3) is 0.474. The molecular formula is C19H24N4OS. The highest BCUT2D eigenvalue weighted by Crippen LogP contribution is 2.30. The van der Waals surface area contributed by atoms with E-state index in [1.165, 1.54) is 36.8 Å². The monoisotopic (exact) mass is 356 g/mol. The Bertz CT molecular complexity index is 924. The molecule has 1 aromatic carbocycles. The van der Waals surface area contributed by atoms with Gasteiger partial charge in [0.1, 0.15) is 5.82 Å². The minimum absolute atomic E-state index is 0.0725. The molecule has 132 valence electrons. The third kappa shape index (κ3) is 2.83. The Labute approximate surface area is 152 Å². The predicted octanol–water partition coefficient (Wildman–Crippen LogP) is 3.64. The van der Waals surface area contributed by atoms with E-state index >= 15 is 0 Å². The zero-order valence-corrected chi connectivity index (χ0v) is 15.6. The number of nitrogens with zero attached hydrogens (tertiary/aromatic N) is 2. The van der Waals surface area contributed by atoms with Crippen molar-refractivity contribution in [2.45, 2.75) is 52.1 Å². The van der Waals surface area contributed by atoms with Gasteiger partial charge in [0.15, 0.2) is 4.77 Å². The van der Waals surface area contributed by atoms with Gasteiger partial charge in [-0.2, -0.15) is 0 Å². The second-order valence-corrected chi connectivity index (χ2v) is 7.55. The van der Waals surface area contributed by atoms with E-state index < -0.39 is 0 Å². The van der Waals surface area contributed by atoms with E-state index in [1.54, 1.807) is 0 Å². The van der Waals surface area contributed by atoms with Crippen LogP contribution < -0.4 is 10.9 Å². The van der Waals surface area contributed by atoms with Crippen molar-refractivity contribution in [1.29, 1.82) is 0 Å². The van der Waals surface area contributed by atoms with Gasteiger partial charge in [-0.3, -0.25) is 19.2 Å². The number of aromatic amines is 1. The Balaban J connectivity index is 1.83. The first-order valence-corrected chi connectivity index (χ1v) is 9.40. The maximum Gasteiger partial charge on any atom is 0.258 e. The smallest absolute Gasteiger partial charge is 0.258 e. The van der Waals surface area contributed by atoms with Gasteiger partial charge >= 0.3 is 0 Å². The molecule has 0 radical (unpaired) electrons. The average molecular weight is 356 g/mol. The molecule has 0 bridgehead atoms. The minimum atomic E-state index is -0.0725. The molecule has 1 fully saturated rings. The summed E-state index contributed by atoms with van der Waals surface area (Å²) in [5.41, 5.74) is 4.12. The maximum atomic E-state index is 12.6. The van der Waals surface area contributed by atoms with Crippen LogP contribution in [0.5, 0.6) is 0 Å². The molecule has 1 aromatic heterocycles. The quantitative estimate of drug-likeness (QED) is 0.807. The Morgan fingerprint density at radius 2 is 1.96 bits per heavy atom. The molecule has 2 heterocycles. The van der Waals surface area contributed by atoms with Gasteiger partial charge in [-0.05, 0) is 56.1 Å². The molecule has 1 aliphatic heterocycles. The Kier molecular flexibility index (Phi) is 4.25. The van der Waals surface area contributed by atoms with Crippen LogP contribution in [0.2, 0.25) is 0 Å². The average Bonchev–Trinajstić information content (AvgIpc) is 3.13. The molecule has 1 aliphatic carbocycles. The summed E-state index contributed by atoms with van der Waals surface area (Å²) < 4.78 is 2.43. The van der Waals surface area contributed by atoms with Crippen LogP contribution in [0.1, 0.15) is 42.4 Å². The van der Waals surface area contributed by atoms with E-state index in [0.29, 0.717) is 17.4 Å². The third-order valence-corrected chi connectivity index (χ3v) is 5.96. The second-order valence-electron chi connectivity index (χ2n) is 7.16. The number of aromatic nitrogens is 2. The number of benzene rings is 1. The van der Waals surface area contributed by atoms with Crippen molar-refractivity contribution in [3.05, 3.63) is 50.0 Å². The first-order valence-electron chi connectivity index (χ1n) is 8.99. The Morgan fingerprint density at radius 3 is 2.72 bits per heavy atom. The maximum absolute atomic E-state index is 12.6. The molecule has 2 aromatic rings. The topological polar surface area (TPSA) is 53.1 Å². The molecule has 6 heteroatoms. The highest BCUT2D eigenvalue weighted by molar-refractivity contribution is 7.71. The number of hydrogen-bond donors (Lipinski definition) is 2. The highest BCUT2D eigenvalue weighted by atomic mass is 32.1. The summed E-state index contributed by atoms with van der Waals surface area (Å²) in [6.07, 6.45) is 5.03. The standard InChI is InChI=1S/C19H24N4OS/c1-12-6-5-9-16(13(12)2)23-17-15(18(24)21-19(23)25)10-22(11-20-17)14-7-3-4-8-14/h5-6,9,14,20H,3-4,7-8,10-11H2,1-2H3,(H,21,24,25). The van der Waals surface area contributed by atoms with E-state index in [4.69, 9.17) is 12.2 Å². The molecule has 0 saturated heterocycles. The summed E-state index contributed by atoms with van der Waals surface area (Å²) in [7, 11) is 0. The number of anilines is 1. The van der Waals surface area contributed by atoms with Crippen molar-refractivity contribution >= 4 is 18.0 Å². The van der Waals surface area contributed by atoms with Crippen molar-refractivity contribution in [3.8, 4) is 5.69 Å². The number of H-pyrrole nitrogens is 1. The van der Waals surface area contributed by atoms with E-state index in [-0.39, 0.29) is 5.56 Å². The zero-order chi connectivity index (χ0) is 17.6. The van der Waals surface area contributed by atoms with Crippen LogP contribution in [-0.2, 0) is 6.54 Å². The van der Waals surface area contributed by atoms with Crippen molar-refractivity contribution in [2.24, 2.45) is 0 Å². The fourth-order valence-corrected chi connectivity index (χ4v) is 4.36. The Morgan fingerprint density at radius 1 is 1.20 bits per heavy atom.